The molecule has 5 aliphatic carbocycles. The fourth-order valence-corrected chi connectivity index (χ4v) is 11.6. The van der Waals surface area contributed by atoms with E-state index in [1.165, 1.54) is 68.9 Å². The number of carboxylic acid groups (broad SMARTS) is 1. The number of nitrogens with one attached hydrogen (secondary N) is 1. The summed E-state index contributed by atoms with van der Waals surface area (Å²) >= 11 is 0. The number of carbonyl (C=O) groups is 2. The third-order valence-corrected chi connectivity index (χ3v) is 13.5. The summed E-state index contributed by atoms with van der Waals surface area (Å²) in [5.74, 6) is 2.70. The van der Waals surface area contributed by atoms with Crippen LogP contribution in [0.4, 0.5) is 0 Å². The van der Waals surface area contributed by atoms with Crippen LogP contribution in [0.2, 0.25) is 0 Å². The lowest BCUT2D eigenvalue weighted by Crippen LogP contribution is -2.67. The summed E-state index contributed by atoms with van der Waals surface area (Å²) in [6, 6.07) is 0. The van der Waals surface area contributed by atoms with Crippen LogP contribution in [0.15, 0.2) is 23.3 Å². The molecule has 5 aliphatic rings. The summed E-state index contributed by atoms with van der Waals surface area (Å²) in [5, 5.41) is 13.1. The lowest BCUT2D eigenvalue weighted by Gasteiger charge is -2.71. The molecule has 0 aromatic rings. The van der Waals surface area contributed by atoms with Crippen molar-refractivity contribution in [1.29, 1.82) is 0 Å². The molecule has 0 spiro atoms. The quantitative estimate of drug-likeness (QED) is 0.320. The molecule has 212 valence electrons. The molecule has 4 saturated carbocycles. The molecule has 5 rings (SSSR count). The van der Waals surface area contributed by atoms with E-state index in [9.17, 15) is 14.7 Å². The van der Waals surface area contributed by atoms with E-state index in [0.717, 1.165) is 36.9 Å². The minimum Gasteiger partial charge on any atom is -0.481 e. The Hall–Kier alpha value is -1.42. The lowest BCUT2D eigenvalue weighted by atomic mass is 9.34. The second-order valence-electron chi connectivity index (χ2n) is 14.6. The number of fused-ring (bicyclic) bond motifs is 7. The zero-order valence-electron chi connectivity index (χ0n) is 24.8. The monoisotopic (exact) mass is 523 g/mol. The highest BCUT2D eigenvalue weighted by Crippen LogP contribution is 2.74. The number of rotatable bonds is 8. The van der Waals surface area contributed by atoms with E-state index < -0.39 is 5.97 Å². The maximum Gasteiger partial charge on any atom is 0.303 e. The van der Waals surface area contributed by atoms with Crippen LogP contribution in [0.1, 0.15) is 118 Å². The van der Waals surface area contributed by atoms with Crippen molar-refractivity contribution in [3.8, 4) is 0 Å². The summed E-state index contributed by atoms with van der Waals surface area (Å²) < 4.78 is 0. The van der Waals surface area contributed by atoms with Gasteiger partial charge in [0.05, 0.1) is 6.54 Å². The van der Waals surface area contributed by atoms with Crippen LogP contribution < -0.4 is 5.32 Å². The molecule has 4 nitrogen and oxygen atoms in total. The van der Waals surface area contributed by atoms with Crippen molar-refractivity contribution in [2.45, 2.75) is 124 Å². The van der Waals surface area contributed by atoms with Crippen molar-refractivity contribution in [2.75, 3.05) is 6.54 Å². The Kier molecular flexibility index (Phi) is 7.55. The minimum atomic E-state index is -0.695. The van der Waals surface area contributed by atoms with E-state index in [4.69, 9.17) is 0 Å². The maximum absolute atomic E-state index is 11.4. The highest BCUT2D eigenvalue weighted by atomic mass is 16.4. The Morgan fingerprint density at radius 3 is 2.50 bits per heavy atom. The van der Waals surface area contributed by atoms with Gasteiger partial charge in [-0.3, -0.25) is 4.79 Å². The van der Waals surface area contributed by atoms with E-state index in [-0.39, 0.29) is 12.0 Å². The average Bonchev–Trinajstić information content (AvgIpc) is 3.30. The Balaban J connectivity index is 1.43. The van der Waals surface area contributed by atoms with Gasteiger partial charge in [-0.05, 0) is 128 Å². The molecule has 0 aromatic heterocycles. The first-order chi connectivity index (χ1) is 18.1. The van der Waals surface area contributed by atoms with Crippen molar-refractivity contribution >= 4 is 12.3 Å². The lowest BCUT2D eigenvalue weighted by molar-refractivity contribution is -0.212. The SMILES string of the molecule is CC/C=C(\CCC(=O)O)C1=CCC2(C)C(CCC3(C)C2CCC2C4CCCC4(NCC=O)CC[C@]23C)C1C. The van der Waals surface area contributed by atoms with Crippen LogP contribution in [0, 0.1) is 45.8 Å². The Morgan fingerprint density at radius 2 is 1.79 bits per heavy atom. The zero-order valence-corrected chi connectivity index (χ0v) is 24.8. The topological polar surface area (TPSA) is 66.4 Å². The molecule has 9 atom stereocenters. The number of allylic oxidation sites excluding steroid dienone is 4. The predicted molar refractivity (Wildman–Crippen MR) is 154 cm³/mol. The van der Waals surface area contributed by atoms with Gasteiger partial charge in [-0.15, -0.1) is 0 Å². The minimum absolute atomic E-state index is 0.199. The predicted octanol–water partition coefficient (Wildman–Crippen LogP) is 7.73. The van der Waals surface area contributed by atoms with Gasteiger partial charge in [0.25, 0.3) is 0 Å². The van der Waals surface area contributed by atoms with Gasteiger partial charge < -0.3 is 15.2 Å². The third kappa shape index (κ3) is 4.10. The molecule has 4 fully saturated rings. The van der Waals surface area contributed by atoms with Gasteiger partial charge in [0, 0.05) is 12.0 Å². The first-order valence-corrected chi connectivity index (χ1v) is 15.9. The first kappa shape index (κ1) is 28.1. The molecule has 4 heteroatoms. The van der Waals surface area contributed by atoms with Crippen LogP contribution in [0.3, 0.4) is 0 Å². The van der Waals surface area contributed by atoms with E-state index >= 15 is 0 Å². The van der Waals surface area contributed by atoms with E-state index in [1.54, 1.807) is 0 Å². The number of carboxylic acids is 1. The Bertz CT molecular complexity index is 1000. The number of hydrogen-bond donors (Lipinski definition) is 2. The van der Waals surface area contributed by atoms with E-state index in [1.807, 2.05) is 0 Å². The second-order valence-corrected chi connectivity index (χ2v) is 14.6. The fraction of sp³-hybridized carbons (Fsp3) is 0.824. The van der Waals surface area contributed by atoms with E-state index in [0.29, 0.717) is 41.0 Å². The van der Waals surface area contributed by atoms with Crippen molar-refractivity contribution in [2.24, 2.45) is 45.8 Å². The molecule has 0 radical (unpaired) electrons. The van der Waals surface area contributed by atoms with Crippen molar-refractivity contribution in [3.05, 3.63) is 23.3 Å². The van der Waals surface area contributed by atoms with Gasteiger partial charge in [-0.25, -0.2) is 0 Å². The molecule has 38 heavy (non-hydrogen) atoms. The smallest absolute Gasteiger partial charge is 0.303 e. The first-order valence-electron chi connectivity index (χ1n) is 15.9. The van der Waals surface area contributed by atoms with Gasteiger partial charge in [0.1, 0.15) is 6.29 Å². The van der Waals surface area contributed by atoms with Crippen LogP contribution in [0.25, 0.3) is 0 Å². The van der Waals surface area contributed by atoms with Gasteiger partial charge in [-0.1, -0.05) is 53.2 Å². The Labute approximate surface area is 231 Å². The molecule has 0 aromatic carbocycles. The third-order valence-electron chi connectivity index (χ3n) is 13.5. The number of carbonyl (C=O) groups excluding carboxylic acids is 1. The standard InChI is InChI=1S/C34H53NO3/c1-6-8-24(10-13-30(37)38)25-14-17-31(3)26(23(25)2)15-18-33(5)29(31)12-11-27-28-9-7-16-34(28,35-21-22-36)20-19-32(27,33)4/h8,14,22-23,26-29,35H,6-7,9-13,15-21H2,1-5H3,(H,37,38)/b24-8+/t23?,26?,27?,28?,29?,31?,32-,33?,34?/m1/s1. The molecule has 2 N–H and O–H groups in total. The largest absolute Gasteiger partial charge is 0.481 e. The number of aliphatic carboxylic acids is 1. The summed E-state index contributed by atoms with van der Waals surface area (Å²) in [7, 11) is 0. The summed E-state index contributed by atoms with van der Waals surface area (Å²) in [6.45, 7) is 13.1. The highest BCUT2D eigenvalue weighted by molar-refractivity contribution is 5.67. The zero-order chi connectivity index (χ0) is 27.3. The Morgan fingerprint density at radius 1 is 1.00 bits per heavy atom. The fourth-order valence-electron chi connectivity index (χ4n) is 11.6. The van der Waals surface area contributed by atoms with E-state index in [2.05, 4.69) is 52.1 Å². The molecular formula is C34H53NO3. The van der Waals surface area contributed by atoms with Crippen LogP contribution >= 0.6 is 0 Å². The average molecular weight is 524 g/mol. The second kappa shape index (κ2) is 10.2. The van der Waals surface area contributed by atoms with Gasteiger partial charge in [0.15, 0.2) is 0 Å². The highest BCUT2D eigenvalue weighted by Gasteiger charge is 2.68. The van der Waals surface area contributed by atoms with Crippen molar-refractivity contribution in [3.63, 3.8) is 0 Å². The molecular weight excluding hydrogens is 470 g/mol. The van der Waals surface area contributed by atoms with Crippen LogP contribution in [-0.4, -0.2) is 29.4 Å². The van der Waals surface area contributed by atoms with Crippen molar-refractivity contribution in [1.82, 2.24) is 5.32 Å². The maximum atomic E-state index is 11.4. The van der Waals surface area contributed by atoms with Gasteiger partial charge >= 0.3 is 5.97 Å². The summed E-state index contributed by atoms with van der Waals surface area (Å²) in [4.78, 5) is 22.6. The normalized spacial score (nSPS) is 46.3. The molecule has 0 heterocycles. The van der Waals surface area contributed by atoms with Gasteiger partial charge in [0.2, 0.25) is 0 Å². The molecule has 0 aliphatic heterocycles. The van der Waals surface area contributed by atoms with Crippen molar-refractivity contribution < 1.29 is 14.7 Å². The molecule has 0 amide bonds. The number of hydrogen-bond acceptors (Lipinski definition) is 3. The number of aldehydes is 1. The molecule has 0 saturated heterocycles. The van der Waals surface area contributed by atoms with Crippen LogP contribution in [-0.2, 0) is 9.59 Å². The summed E-state index contributed by atoms with van der Waals surface area (Å²) in [6.07, 6.45) is 20.6. The molecule has 8 unspecified atom stereocenters. The molecule has 0 bridgehead atoms. The van der Waals surface area contributed by atoms with Gasteiger partial charge in [-0.2, -0.15) is 0 Å². The summed E-state index contributed by atoms with van der Waals surface area (Å²) in [5.41, 5.74) is 3.98. The van der Waals surface area contributed by atoms with Crippen LogP contribution in [0.5, 0.6) is 0 Å².